The van der Waals surface area contributed by atoms with Gasteiger partial charge in [0.15, 0.2) is 0 Å². The first-order valence-corrected chi connectivity index (χ1v) is 11.8. The van der Waals surface area contributed by atoms with Crippen LogP contribution in [0.4, 0.5) is 11.8 Å². The average molecular weight is 496 g/mol. The van der Waals surface area contributed by atoms with Crippen molar-refractivity contribution in [3.05, 3.63) is 66.0 Å². The number of aromatic nitrogens is 6. The minimum atomic E-state index is -0.746. The molecule has 0 aliphatic carbocycles. The molecule has 0 saturated carbocycles. The highest BCUT2D eigenvalue weighted by Gasteiger charge is 2.37. The molecule has 11 heteroatoms. The third-order valence-corrected chi connectivity index (χ3v) is 6.66. The second-order valence-corrected chi connectivity index (χ2v) is 9.33. The van der Waals surface area contributed by atoms with E-state index in [2.05, 4.69) is 31.2 Å². The van der Waals surface area contributed by atoms with Crippen LogP contribution in [0.2, 0.25) is 0 Å². The third-order valence-electron chi connectivity index (χ3n) is 6.66. The number of aliphatic carboxylic acids is 1. The first kappa shape index (κ1) is 23.9. The summed E-state index contributed by atoms with van der Waals surface area (Å²) in [6.07, 6.45) is 2.92. The minimum absolute atomic E-state index is 0.0966. The van der Waals surface area contributed by atoms with Crippen molar-refractivity contribution in [3.63, 3.8) is 0 Å². The fourth-order valence-corrected chi connectivity index (χ4v) is 4.33. The molecular weight excluding hydrogens is 470 g/mol. The Bertz CT molecular complexity index is 1500. The van der Waals surface area contributed by atoms with Gasteiger partial charge in [-0.15, -0.1) is 5.10 Å². The number of carboxylic acid groups (broad SMARTS) is 1. The summed E-state index contributed by atoms with van der Waals surface area (Å²) in [5, 5.41) is 27.2. The lowest BCUT2D eigenvalue weighted by Crippen LogP contribution is -2.43. The number of nitrogens with zero attached hydrogens (tertiary/aromatic N) is 8. The number of benzene rings is 1. The zero-order valence-electron chi connectivity index (χ0n) is 20.2. The van der Waals surface area contributed by atoms with E-state index < -0.39 is 11.4 Å². The Hall–Kier alpha value is -4.85. The molecule has 0 radical (unpaired) electrons. The molecule has 37 heavy (non-hydrogen) atoms. The molecule has 3 aromatic heterocycles. The van der Waals surface area contributed by atoms with Crippen LogP contribution in [0.3, 0.4) is 0 Å². The van der Waals surface area contributed by atoms with Crippen molar-refractivity contribution < 1.29 is 9.90 Å². The van der Waals surface area contributed by atoms with Gasteiger partial charge in [-0.2, -0.15) is 5.26 Å². The van der Waals surface area contributed by atoms with Crippen molar-refractivity contribution in [2.24, 2.45) is 5.41 Å². The van der Waals surface area contributed by atoms with Crippen molar-refractivity contribution in [2.75, 3.05) is 23.7 Å². The summed E-state index contributed by atoms with van der Waals surface area (Å²) < 4.78 is 1.67. The fraction of sp³-hybridized carbons (Fsp3) is 0.269. The van der Waals surface area contributed by atoms with Crippen molar-refractivity contribution >= 4 is 17.7 Å². The van der Waals surface area contributed by atoms with Gasteiger partial charge in [-0.05, 0) is 50.1 Å². The highest BCUT2D eigenvalue weighted by Crippen LogP contribution is 2.32. The predicted octanol–water partition coefficient (Wildman–Crippen LogP) is 2.99. The van der Waals surface area contributed by atoms with E-state index in [9.17, 15) is 15.2 Å². The lowest BCUT2D eigenvalue weighted by Gasteiger charge is -2.37. The van der Waals surface area contributed by atoms with Crippen LogP contribution in [-0.2, 0) is 11.3 Å². The highest BCUT2D eigenvalue weighted by molar-refractivity contribution is 5.74. The van der Waals surface area contributed by atoms with E-state index in [0.717, 1.165) is 17.1 Å². The number of hydrogen-bond donors (Lipinski definition) is 2. The first-order valence-electron chi connectivity index (χ1n) is 11.8. The zero-order chi connectivity index (χ0) is 26.0. The third kappa shape index (κ3) is 5.08. The van der Waals surface area contributed by atoms with Crippen LogP contribution in [0.5, 0.6) is 0 Å². The number of carbonyl (C=O) groups is 1. The second-order valence-electron chi connectivity index (χ2n) is 9.33. The Morgan fingerprint density at radius 2 is 1.84 bits per heavy atom. The van der Waals surface area contributed by atoms with Crippen LogP contribution >= 0.6 is 0 Å². The van der Waals surface area contributed by atoms with Crippen LogP contribution in [0, 0.1) is 16.7 Å². The number of nitrogen functional groups attached to an aromatic ring is 1. The van der Waals surface area contributed by atoms with Crippen molar-refractivity contribution in [1.29, 1.82) is 5.26 Å². The number of hydrogen-bond acceptors (Lipinski definition) is 9. The molecule has 4 heterocycles. The molecule has 4 aromatic rings. The average Bonchev–Trinajstić information content (AvgIpc) is 3.37. The number of pyridine rings is 1. The van der Waals surface area contributed by atoms with Crippen LogP contribution in [0.25, 0.3) is 22.6 Å². The summed E-state index contributed by atoms with van der Waals surface area (Å²) in [6.45, 7) is 3.48. The lowest BCUT2D eigenvalue weighted by molar-refractivity contribution is -0.149. The molecule has 0 bridgehead atoms. The molecule has 0 atom stereocenters. The molecule has 1 aromatic carbocycles. The van der Waals surface area contributed by atoms with Gasteiger partial charge in [0.25, 0.3) is 0 Å². The van der Waals surface area contributed by atoms with E-state index in [0.29, 0.717) is 55.1 Å². The van der Waals surface area contributed by atoms with Gasteiger partial charge in [-0.1, -0.05) is 23.4 Å². The molecule has 0 unspecified atom stereocenters. The number of rotatable bonds is 6. The molecule has 0 amide bonds. The molecule has 3 N–H and O–H groups in total. The maximum atomic E-state index is 11.5. The predicted molar refractivity (Wildman–Crippen MR) is 136 cm³/mol. The van der Waals surface area contributed by atoms with Gasteiger partial charge in [0.1, 0.15) is 11.5 Å². The van der Waals surface area contributed by atoms with Crippen LogP contribution < -0.4 is 10.6 Å². The maximum absolute atomic E-state index is 11.5. The van der Waals surface area contributed by atoms with E-state index in [1.165, 1.54) is 0 Å². The van der Waals surface area contributed by atoms with Crippen LogP contribution in [0.15, 0.2) is 54.7 Å². The van der Waals surface area contributed by atoms with E-state index >= 15 is 0 Å². The summed E-state index contributed by atoms with van der Waals surface area (Å²) in [5.41, 5.74) is 9.00. The number of piperidine rings is 1. The largest absolute Gasteiger partial charge is 0.481 e. The van der Waals surface area contributed by atoms with Crippen LogP contribution in [-0.4, -0.2) is 54.1 Å². The van der Waals surface area contributed by atoms with Gasteiger partial charge >= 0.3 is 5.97 Å². The molecule has 0 spiro atoms. The second kappa shape index (κ2) is 9.66. The summed E-state index contributed by atoms with van der Waals surface area (Å²) >= 11 is 0. The number of nitriles is 1. The highest BCUT2D eigenvalue weighted by atomic mass is 16.4. The molecular formula is C26H25N9O2. The molecule has 186 valence electrons. The molecule has 5 rings (SSSR count). The molecule has 1 aliphatic rings. The molecule has 11 nitrogen and oxygen atoms in total. The molecule has 1 fully saturated rings. The van der Waals surface area contributed by atoms with Gasteiger partial charge in [0.05, 0.1) is 46.9 Å². The van der Waals surface area contributed by atoms with Crippen molar-refractivity contribution in [2.45, 2.75) is 26.3 Å². The lowest BCUT2D eigenvalue weighted by atomic mass is 9.80. The Kier molecular flexibility index (Phi) is 6.23. The summed E-state index contributed by atoms with van der Waals surface area (Å²) in [7, 11) is 0. The van der Waals surface area contributed by atoms with Crippen molar-refractivity contribution in [3.8, 4) is 28.7 Å². The normalized spacial score (nSPS) is 14.8. The van der Waals surface area contributed by atoms with Gasteiger partial charge in [-0.3, -0.25) is 4.79 Å². The van der Waals surface area contributed by atoms with Gasteiger partial charge in [0, 0.05) is 18.7 Å². The monoisotopic (exact) mass is 495 g/mol. The van der Waals surface area contributed by atoms with E-state index in [-0.39, 0.29) is 5.95 Å². The van der Waals surface area contributed by atoms with E-state index in [4.69, 9.17) is 10.7 Å². The number of nitrogens with two attached hydrogens (primary N) is 1. The number of carboxylic acids is 1. The van der Waals surface area contributed by atoms with E-state index in [1.807, 2.05) is 24.3 Å². The standard InChI is InChI=1S/C26H25N9O2/c1-26(24(36)37)8-10-34(11-9-26)23-7-3-6-19(29-23)15-35-16-22(32-33-35)21-13-20(30-25(28)31-21)18-5-2-4-17(12-18)14-27/h2-7,12-13,16H,8-11,15H2,1H3,(H,36,37)(H2,28,30,31). The van der Waals surface area contributed by atoms with Crippen molar-refractivity contribution in [1.82, 2.24) is 29.9 Å². The van der Waals surface area contributed by atoms with Gasteiger partial charge < -0.3 is 15.7 Å². The topological polar surface area (TPSA) is 160 Å². The SMILES string of the molecule is CC1(C(=O)O)CCN(c2cccc(Cn3cc(-c4cc(-c5cccc(C#N)c5)nc(N)n4)nn3)n2)CC1. The van der Waals surface area contributed by atoms with Crippen LogP contribution in [0.1, 0.15) is 31.0 Å². The summed E-state index contributed by atoms with van der Waals surface area (Å²) in [5.74, 6) is 0.168. The first-order chi connectivity index (χ1) is 17.8. The minimum Gasteiger partial charge on any atom is -0.481 e. The number of anilines is 2. The Balaban J connectivity index is 1.33. The Morgan fingerprint density at radius 3 is 2.59 bits per heavy atom. The Labute approximate surface area is 213 Å². The molecule has 1 saturated heterocycles. The summed E-state index contributed by atoms with van der Waals surface area (Å²) in [6, 6.07) is 16.8. The fourth-order valence-electron chi connectivity index (χ4n) is 4.33. The smallest absolute Gasteiger partial charge is 0.309 e. The van der Waals surface area contributed by atoms with E-state index in [1.54, 1.807) is 42.1 Å². The van der Waals surface area contributed by atoms with Gasteiger partial charge in [-0.25, -0.2) is 19.6 Å². The van der Waals surface area contributed by atoms with Gasteiger partial charge in [0.2, 0.25) is 5.95 Å². The maximum Gasteiger partial charge on any atom is 0.309 e. The zero-order valence-corrected chi connectivity index (χ0v) is 20.2. The Morgan fingerprint density at radius 1 is 1.08 bits per heavy atom. The quantitative estimate of drug-likeness (QED) is 0.407. The summed E-state index contributed by atoms with van der Waals surface area (Å²) in [4.78, 5) is 27.0. The molecule has 1 aliphatic heterocycles.